The first-order chi connectivity index (χ1) is 10.2. The average Bonchev–Trinajstić information content (AvgIpc) is 2.51. The van der Waals surface area contributed by atoms with Gasteiger partial charge in [-0.1, -0.05) is 35.3 Å². The van der Waals surface area contributed by atoms with Crippen molar-refractivity contribution in [2.45, 2.75) is 12.6 Å². The zero-order chi connectivity index (χ0) is 14.7. The van der Waals surface area contributed by atoms with Crippen LogP contribution < -0.4 is 0 Å². The van der Waals surface area contributed by atoms with Gasteiger partial charge in [0, 0.05) is 25.8 Å². The lowest BCUT2D eigenvalue weighted by Gasteiger charge is -2.33. The third-order valence-electron chi connectivity index (χ3n) is 3.58. The molecule has 3 nitrogen and oxygen atoms in total. The number of halogens is 2. The van der Waals surface area contributed by atoms with Gasteiger partial charge < -0.3 is 4.74 Å². The summed E-state index contributed by atoms with van der Waals surface area (Å²) >= 11 is 12.1. The maximum absolute atomic E-state index is 6.09. The van der Waals surface area contributed by atoms with Gasteiger partial charge in [0.1, 0.15) is 0 Å². The van der Waals surface area contributed by atoms with E-state index in [4.69, 9.17) is 27.9 Å². The van der Waals surface area contributed by atoms with Crippen molar-refractivity contribution in [2.75, 3.05) is 19.7 Å². The molecule has 1 unspecified atom stereocenters. The molecule has 1 aliphatic heterocycles. The third kappa shape index (κ3) is 3.74. The molecule has 0 spiro atoms. The van der Waals surface area contributed by atoms with E-state index < -0.39 is 0 Å². The van der Waals surface area contributed by atoms with Gasteiger partial charge in [-0.3, -0.25) is 9.88 Å². The van der Waals surface area contributed by atoms with Crippen molar-refractivity contribution in [2.24, 2.45) is 0 Å². The highest BCUT2D eigenvalue weighted by molar-refractivity contribution is 6.42. The Morgan fingerprint density at radius 1 is 1.19 bits per heavy atom. The molecule has 2 aromatic rings. The Hall–Kier alpha value is -1.13. The summed E-state index contributed by atoms with van der Waals surface area (Å²) in [4.78, 5) is 6.72. The van der Waals surface area contributed by atoms with E-state index in [1.165, 1.54) is 0 Å². The lowest BCUT2D eigenvalue weighted by Crippen LogP contribution is -2.38. The normalized spacial score (nSPS) is 19.6. The highest BCUT2D eigenvalue weighted by atomic mass is 35.5. The number of ether oxygens (including phenoxy) is 1. The Bertz CT molecular complexity index is 606. The zero-order valence-electron chi connectivity index (χ0n) is 11.5. The van der Waals surface area contributed by atoms with E-state index >= 15 is 0 Å². The van der Waals surface area contributed by atoms with Crippen LogP contribution in [0.25, 0.3) is 0 Å². The van der Waals surface area contributed by atoms with Crippen molar-refractivity contribution in [1.82, 2.24) is 9.88 Å². The summed E-state index contributed by atoms with van der Waals surface area (Å²) in [6.07, 6.45) is 1.85. The van der Waals surface area contributed by atoms with Crippen LogP contribution in [0.15, 0.2) is 42.6 Å². The Morgan fingerprint density at radius 3 is 2.86 bits per heavy atom. The molecule has 5 heteroatoms. The van der Waals surface area contributed by atoms with Gasteiger partial charge in [-0.25, -0.2) is 0 Å². The summed E-state index contributed by atoms with van der Waals surface area (Å²) in [5.41, 5.74) is 2.14. The molecule has 21 heavy (non-hydrogen) atoms. The Morgan fingerprint density at radius 2 is 2.10 bits per heavy atom. The Labute approximate surface area is 134 Å². The Kier molecular flexibility index (Phi) is 4.76. The second-order valence-electron chi connectivity index (χ2n) is 5.09. The molecule has 3 rings (SSSR count). The van der Waals surface area contributed by atoms with Crippen molar-refractivity contribution in [1.29, 1.82) is 0 Å². The molecule has 1 aromatic heterocycles. The van der Waals surface area contributed by atoms with Gasteiger partial charge in [-0.15, -0.1) is 0 Å². The van der Waals surface area contributed by atoms with Crippen molar-refractivity contribution in [3.8, 4) is 0 Å². The smallest absolute Gasteiger partial charge is 0.0953 e. The van der Waals surface area contributed by atoms with Crippen LogP contribution in [-0.2, 0) is 11.3 Å². The monoisotopic (exact) mass is 322 g/mol. The lowest BCUT2D eigenvalue weighted by molar-refractivity contribution is -0.0332. The highest BCUT2D eigenvalue weighted by Crippen LogP contribution is 2.29. The van der Waals surface area contributed by atoms with E-state index in [2.05, 4.69) is 9.88 Å². The Balaban J connectivity index is 1.69. The number of hydrogen-bond acceptors (Lipinski definition) is 3. The molecule has 110 valence electrons. The van der Waals surface area contributed by atoms with Crippen LogP contribution in [-0.4, -0.2) is 29.6 Å². The minimum atomic E-state index is 0.0252. The fourth-order valence-electron chi connectivity index (χ4n) is 2.48. The summed E-state index contributed by atoms with van der Waals surface area (Å²) in [5.74, 6) is 0. The van der Waals surface area contributed by atoms with E-state index in [0.717, 1.165) is 30.9 Å². The minimum absolute atomic E-state index is 0.0252. The molecule has 1 saturated heterocycles. The van der Waals surface area contributed by atoms with Crippen LogP contribution in [0.2, 0.25) is 10.0 Å². The van der Waals surface area contributed by atoms with E-state index in [9.17, 15) is 0 Å². The van der Waals surface area contributed by atoms with Gasteiger partial charge in [-0.05, 0) is 29.8 Å². The molecule has 2 heterocycles. The van der Waals surface area contributed by atoms with Gasteiger partial charge >= 0.3 is 0 Å². The topological polar surface area (TPSA) is 25.4 Å². The average molecular weight is 323 g/mol. The second-order valence-corrected chi connectivity index (χ2v) is 5.90. The number of rotatable bonds is 3. The van der Waals surface area contributed by atoms with Crippen LogP contribution in [0, 0.1) is 0 Å². The van der Waals surface area contributed by atoms with E-state index in [1.807, 2.05) is 42.6 Å². The summed E-state index contributed by atoms with van der Waals surface area (Å²) in [6, 6.07) is 11.7. The number of pyridine rings is 1. The zero-order valence-corrected chi connectivity index (χ0v) is 13.0. The predicted molar refractivity (Wildman–Crippen MR) is 84.7 cm³/mol. The van der Waals surface area contributed by atoms with Gasteiger partial charge in [0.05, 0.1) is 28.5 Å². The van der Waals surface area contributed by atoms with E-state index in [1.54, 1.807) is 0 Å². The minimum Gasteiger partial charge on any atom is -0.371 e. The highest BCUT2D eigenvalue weighted by Gasteiger charge is 2.22. The summed E-state index contributed by atoms with van der Waals surface area (Å²) in [6.45, 7) is 3.28. The maximum atomic E-state index is 6.09. The van der Waals surface area contributed by atoms with Gasteiger partial charge in [-0.2, -0.15) is 0 Å². The molecule has 1 aromatic carbocycles. The van der Waals surface area contributed by atoms with Gasteiger partial charge in [0.15, 0.2) is 0 Å². The molecule has 1 aliphatic rings. The first-order valence-corrected chi connectivity index (χ1v) is 7.67. The number of morpholine rings is 1. The first-order valence-electron chi connectivity index (χ1n) is 6.91. The summed E-state index contributed by atoms with van der Waals surface area (Å²) in [7, 11) is 0. The molecule has 0 saturated carbocycles. The number of benzene rings is 1. The first kappa shape index (κ1) is 14.8. The molecule has 1 atom stereocenters. The van der Waals surface area contributed by atoms with E-state index in [0.29, 0.717) is 16.7 Å². The molecule has 0 N–H and O–H groups in total. The molecule has 0 bridgehead atoms. The van der Waals surface area contributed by atoms with Crippen LogP contribution in [0.1, 0.15) is 17.4 Å². The SMILES string of the molecule is Clc1ccc(C2CN(Cc3ccccn3)CCO2)cc1Cl. The second kappa shape index (κ2) is 6.75. The van der Waals surface area contributed by atoms with Crippen LogP contribution >= 0.6 is 23.2 Å². The molecular formula is C16H16Cl2N2O. The van der Waals surface area contributed by atoms with Crippen LogP contribution in [0.3, 0.4) is 0 Å². The quantitative estimate of drug-likeness (QED) is 0.855. The van der Waals surface area contributed by atoms with Crippen molar-refractivity contribution in [3.05, 3.63) is 63.9 Å². The number of hydrogen-bond donors (Lipinski definition) is 0. The van der Waals surface area contributed by atoms with Gasteiger partial charge in [0.25, 0.3) is 0 Å². The molecule has 1 fully saturated rings. The molecule has 0 amide bonds. The van der Waals surface area contributed by atoms with Crippen LogP contribution in [0.5, 0.6) is 0 Å². The van der Waals surface area contributed by atoms with Crippen LogP contribution in [0.4, 0.5) is 0 Å². The lowest BCUT2D eigenvalue weighted by atomic mass is 10.1. The predicted octanol–water partition coefficient (Wildman–Crippen LogP) is 3.96. The largest absolute Gasteiger partial charge is 0.371 e. The number of nitrogens with zero attached hydrogens (tertiary/aromatic N) is 2. The number of aromatic nitrogens is 1. The third-order valence-corrected chi connectivity index (χ3v) is 4.32. The maximum Gasteiger partial charge on any atom is 0.0953 e. The van der Waals surface area contributed by atoms with Gasteiger partial charge in [0.2, 0.25) is 0 Å². The standard InChI is InChI=1S/C16H16Cl2N2O/c17-14-5-4-12(9-15(14)18)16-11-20(7-8-21-16)10-13-3-1-2-6-19-13/h1-6,9,16H,7-8,10-11H2. The summed E-state index contributed by atoms with van der Waals surface area (Å²) < 4.78 is 5.86. The van der Waals surface area contributed by atoms with Crippen molar-refractivity contribution < 1.29 is 4.74 Å². The molecule has 0 aliphatic carbocycles. The fourth-order valence-corrected chi connectivity index (χ4v) is 2.79. The van der Waals surface area contributed by atoms with Crippen molar-refractivity contribution >= 4 is 23.2 Å². The molecular weight excluding hydrogens is 307 g/mol. The van der Waals surface area contributed by atoms with Crippen molar-refractivity contribution in [3.63, 3.8) is 0 Å². The molecule has 0 radical (unpaired) electrons. The fraction of sp³-hybridized carbons (Fsp3) is 0.312. The summed E-state index contributed by atoms with van der Waals surface area (Å²) in [5, 5.41) is 1.14. The van der Waals surface area contributed by atoms with E-state index in [-0.39, 0.29) is 6.10 Å².